The fraction of sp³-hybridized carbons (Fsp3) is 0.370. The highest BCUT2D eigenvalue weighted by molar-refractivity contribution is 7.15. The smallest absolute Gasteiger partial charge is 0.323 e. The van der Waals surface area contributed by atoms with E-state index in [9.17, 15) is 18.4 Å². The molecule has 3 aromatic rings. The molecule has 0 aliphatic heterocycles. The number of halogens is 3. The van der Waals surface area contributed by atoms with Crippen LogP contribution in [0.5, 0.6) is 0 Å². The summed E-state index contributed by atoms with van der Waals surface area (Å²) in [7, 11) is 0. The summed E-state index contributed by atoms with van der Waals surface area (Å²) in [4.78, 5) is 29.7. The van der Waals surface area contributed by atoms with Crippen LogP contribution in [0.1, 0.15) is 50.5 Å². The van der Waals surface area contributed by atoms with Crippen LogP contribution in [0.25, 0.3) is 10.4 Å². The van der Waals surface area contributed by atoms with E-state index in [-0.39, 0.29) is 23.0 Å². The van der Waals surface area contributed by atoms with Crippen LogP contribution in [-0.4, -0.2) is 28.3 Å². The van der Waals surface area contributed by atoms with Crippen molar-refractivity contribution in [2.75, 3.05) is 16.5 Å². The second-order valence-electron chi connectivity index (χ2n) is 9.80. The zero-order valence-corrected chi connectivity index (χ0v) is 22.2. The molecule has 0 spiro atoms. The topological polar surface area (TPSA) is 83.1 Å². The molecule has 1 aromatic heterocycles. The summed E-state index contributed by atoms with van der Waals surface area (Å²) in [6, 6.07) is 9.64. The zero-order valence-electron chi connectivity index (χ0n) is 20.6. The molecular weight excluding hydrogens is 518 g/mol. The van der Waals surface area contributed by atoms with Crippen molar-refractivity contribution in [2.24, 2.45) is 5.92 Å². The Morgan fingerprint density at radius 2 is 1.76 bits per heavy atom. The van der Waals surface area contributed by atoms with Gasteiger partial charge < -0.3 is 16.0 Å². The van der Waals surface area contributed by atoms with Crippen LogP contribution in [0.4, 0.5) is 25.0 Å². The van der Waals surface area contributed by atoms with Gasteiger partial charge in [-0.1, -0.05) is 12.1 Å². The van der Waals surface area contributed by atoms with Gasteiger partial charge in [0.1, 0.15) is 17.5 Å². The summed E-state index contributed by atoms with van der Waals surface area (Å²) in [5.74, 6) is -0.933. The summed E-state index contributed by atoms with van der Waals surface area (Å²) in [6.07, 6.45) is 5.94. The first kappa shape index (κ1) is 27.0. The standard InChI is InChI=1S/C27H29ClF2N4O2S/c1-27(2,34-24(35)14-28)18-7-3-17(4-8-18)25-31-15-23(37-25)16-5-10-20(11-6-16)32-26(36)33-22-12-9-19(29)13-21(22)30/h5-6,9-13,15,17-18H,3-4,7-8,14H2,1-2H3,(H,34,35)(H2,32,33,36). The molecule has 2 aromatic carbocycles. The van der Waals surface area contributed by atoms with Crippen LogP contribution in [0.15, 0.2) is 48.7 Å². The number of thiazole rings is 1. The number of rotatable bonds is 7. The van der Waals surface area contributed by atoms with E-state index in [1.165, 1.54) is 6.07 Å². The molecule has 37 heavy (non-hydrogen) atoms. The molecule has 3 amide bonds. The number of aromatic nitrogens is 1. The van der Waals surface area contributed by atoms with Crippen molar-refractivity contribution >= 4 is 46.3 Å². The normalized spacial score (nSPS) is 17.8. The number of nitrogens with one attached hydrogen (secondary N) is 3. The first-order valence-electron chi connectivity index (χ1n) is 12.1. The Labute approximate surface area is 223 Å². The maximum atomic E-state index is 13.8. The van der Waals surface area contributed by atoms with Crippen LogP contribution >= 0.6 is 22.9 Å². The molecule has 0 saturated heterocycles. The number of carbonyl (C=O) groups is 2. The number of alkyl halides is 1. The van der Waals surface area contributed by atoms with Crippen molar-refractivity contribution < 1.29 is 18.4 Å². The average Bonchev–Trinajstić information content (AvgIpc) is 3.36. The largest absolute Gasteiger partial charge is 0.350 e. The summed E-state index contributed by atoms with van der Waals surface area (Å²) in [5, 5.41) is 9.17. The minimum Gasteiger partial charge on any atom is -0.350 e. The number of hydrogen-bond donors (Lipinski definition) is 3. The molecule has 4 rings (SSSR count). The van der Waals surface area contributed by atoms with Crippen LogP contribution in [-0.2, 0) is 4.79 Å². The molecule has 0 atom stereocenters. The number of nitrogens with zero attached hydrogens (tertiary/aromatic N) is 1. The van der Waals surface area contributed by atoms with E-state index in [1.54, 1.807) is 23.5 Å². The monoisotopic (exact) mass is 546 g/mol. The third-order valence-electron chi connectivity index (χ3n) is 6.81. The molecular formula is C27H29ClF2N4O2S. The van der Waals surface area contributed by atoms with Gasteiger partial charge >= 0.3 is 6.03 Å². The molecule has 0 unspecified atom stereocenters. The average molecular weight is 547 g/mol. The molecule has 196 valence electrons. The molecule has 1 heterocycles. The summed E-state index contributed by atoms with van der Waals surface area (Å²) in [6.45, 7) is 4.13. The first-order chi connectivity index (χ1) is 17.6. The Morgan fingerprint density at radius 1 is 1.05 bits per heavy atom. The lowest BCUT2D eigenvalue weighted by molar-refractivity contribution is -0.121. The molecule has 1 saturated carbocycles. The van der Waals surface area contributed by atoms with Crippen LogP contribution in [0.3, 0.4) is 0 Å². The molecule has 0 bridgehead atoms. The maximum absolute atomic E-state index is 13.8. The third-order valence-corrected chi connectivity index (χ3v) is 8.26. The predicted octanol–water partition coefficient (Wildman–Crippen LogP) is 7.14. The molecule has 1 aliphatic rings. The molecule has 10 heteroatoms. The minimum atomic E-state index is -0.846. The lowest BCUT2D eigenvalue weighted by Gasteiger charge is -2.39. The highest BCUT2D eigenvalue weighted by Gasteiger charge is 2.35. The summed E-state index contributed by atoms with van der Waals surface area (Å²) in [5.41, 5.74) is 1.13. The maximum Gasteiger partial charge on any atom is 0.323 e. The van der Waals surface area contributed by atoms with Gasteiger partial charge in [0.15, 0.2) is 0 Å². The van der Waals surface area contributed by atoms with Crippen molar-refractivity contribution in [2.45, 2.75) is 51.0 Å². The predicted molar refractivity (Wildman–Crippen MR) is 144 cm³/mol. The zero-order chi connectivity index (χ0) is 26.6. The van der Waals surface area contributed by atoms with E-state index < -0.39 is 17.7 Å². The number of hydrogen-bond acceptors (Lipinski definition) is 4. The van der Waals surface area contributed by atoms with Crippen molar-refractivity contribution in [1.82, 2.24) is 10.3 Å². The van der Waals surface area contributed by atoms with Gasteiger partial charge in [-0.05, 0) is 75.3 Å². The Hall–Kier alpha value is -3.04. The van der Waals surface area contributed by atoms with E-state index >= 15 is 0 Å². The van der Waals surface area contributed by atoms with Gasteiger partial charge in [0, 0.05) is 29.4 Å². The van der Waals surface area contributed by atoms with E-state index in [1.807, 2.05) is 18.3 Å². The highest BCUT2D eigenvalue weighted by atomic mass is 35.5. The quantitative estimate of drug-likeness (QED) is 0.275. The van der Waals surface area contributed by atoms with E-state index in [4.69, 9.17) is 11.6 Å². The fourth-order valence-electron chi connectivity index (χ4n) is 4.76. The molecule has 0 radical (unpaired) electrons. The van der Waals surface area contributed by atoms with E-state index in [0.29, 0.717) is 23.6 Å². The molecule has 6 nitrogen and oxygen atoms in total. The SMILES string of the molecule is CC(C)(NC(=O)CCl)C1CCC(c2ncc(-c3ccc(NC(=O)Nc4ccc(F)cc4F)cc3)s2)CC1. The Balaban J connectivity index is 1.32. The summed E-state index contributed by atoms with van der Waals surface area (Å²) < 4.78 is 26.8. The summed E-state index contributed by atoms with van der Waals surface area (Å²) >= 11 is 7.33. The van der Waals surface area contributed by atoms with Gasteiger partial charge in [0.2, 0.25) is 5.91 Å². The van der Waals surface area contributed by atoms with Gasteiger partial charge in [-0.2, -0.15) is 0 Å². The van der Waals surface area contributed by atoms with Crippen LogP contribution in [0, 0.1) is 17.6 Å². The van der Waals surface area contributed by atoms with E-state index in [0.717, 1.165) is 47.2 Å². The lowest BCUT2D eigenvalue weighted by atomic mass is 9.73. The van der Waals surface area contributed by atoms with Gasteiger partial charge in [0.05, 0.1) is 15.6 Å². The van der Waals surface area contributed by atoms with Crippen LogP contribution in [0.2, 0.25) is 0 Å². The second-order valence-corrected chi connectivity index (χ2v) is 11.1. The molecule has 1 fully saturated rings. The second kappa shape index (κ2) is 11.6. The van der Waals surface area contributed by atoms with Gasteiger partial charge in [-0.3, -0.25) is 4.79 Å². The lowest BCUT2D eigenvalue weighted by Crippen LogP contribution is -2.50. The number of amides is 3. The number of carbonyl (C=O) groups excluding carboxylic acids is 2. The number of benzene rings is 2. The minimum absolute atomic E-state index is 0.0269. The highest BCUT2D eigenvalue weighted by Crippen LogP contribution is 2.42. The Kier molecular flexibility index (Phi) is 8.44. The van der Waals surface area contributed by atoms with Crippen molar-refractivity contribution in [3.63, 3.8) is 0 Å². The van der Waals surface area contributed by atoms with Gasteiger partial charge in [0.25, 0.3) is 0 Å². The van der Waals surface area contributed by atoms with Crippen molar-refractivity contribution in [1.29, 1.82) is 0 Å². The molecule has 3 N–H and O–H groups in total. The van der Waals surface area contributed by atoms with Gasteiger partial charge in [-0.15, -0.1) is 22.9 Å². The molecule has 1 aliphatic carbocycles. The Bertz CT molecular complexity index is 1260. The van der Waals surface area contributed by atoms with E-state index in [2.05, 4.69) is 34.8 Å². The number of urea groups is 1. The van der Waals surface area contributed by atoms with Crippen molar-refractivity contribution in [3.8, 4) is 10.4 Å². The van der Waals surface area contributed by atoms with Crippen LogP contribution < -0.4 is 16.0 Å². The first-order valence-corrected chi connectivity index (χ1v) is 13.5. The van der Waals surface area contributed by atoms with Crippen molar-refractivity contribution in [3.05, 3.63) is 65.3 Å². The number of anilines is 2. The fourth-order valence-corrected chi connectivity index (χ4v) is 5.92. The third kappa shape index (κ3) is 6.84. The van der Waals surface area contributed by atoms with Gasteiger partial charge in [-0.25, -0.2) is 18.6 Å². The Morgan fingerprint density at radius 3 is 2.41 bits per heavy atom.